The van der Waals surface area contributed by atoms with Gasteiger partial charge in [-0.1, -0.05) is 57.0 Å². The van der Waals surface area contributed by atoms with Crippen molar-refractivity contribution < 1.29 is 19.1 Å². The normalized spacial score (nSPS) is 17.6. The highest BCUT2D eigenvalue weighted by Gasteiger charge is 2.62. The van der Waals surface area contributed by atoms with Gasteiger partial charge < -0.3 is 15.0 Å². The van der Waals surface area contributed by atoms with E-state index in [0.29, 0.717) is 31.5 Å². The Hall–Kier alpha value is -2.45. The van der Waals surface area contributed by atoms with Gasteiger partial charge in [-0.2, -0.15) is 0 Å². The molecular weight excluding hydrogens is 480 g/mol. The fraction of sp³-hybridized carbons (Fsp3) is 0.700. The fourth-order valence-corrected chi connectivity index (χ4v) is 5.36. The number of rotatable bonds is 14. The molecule has 1 heterocycles. The van der Waals surface area contributed by atoms with Gasteiger partial charge in [-0.3, -0.25) is 14.5 Å². The number of amides is 4. The van der Waals surface area contributed by atoms with Crippen molar-refractivity contribution in [2.45, 2.75) is 105 Å². The molecular formula is C30H50N4O4. The van der Waals surface area contributed by atoms with Crippen molar-refractivity contribution in [2.75, 3.05) is 26.7 Å². The van der Waals surface area contributed by atoms with Crippen LogP contribution in [0.4, 0.5) is 4.79 Å². The number of hydrogen-bond acceptors (Lipinski definition) is 5. The van der Waals surface area contributed by atoms with Crippen molar-refractivity contribution in [1.82, 2.24) is 20.0 Å². The van der Waals surface area contributed by atoms with Crippen LogP contribution in [0.25, 0.3) is 0 Å². The van der Waals surface area contributed by atoms with Crippen molar-refractivity contribution in [3.05, 3.63) is 35.4 Å². The summed E-state index contributed by atoms with van der Waals surface area (Å²) in [7, 11) is 1.77. The van der Waals surface area contributed by atoms with E-state index in [4.69, 9.17) is 4.74 Å². The molecule has 0 saturated carbocycles. The minimum atomic E-state index is -0.799. The molecule has 1 N–H and O–H groups in total. The molecule has 1 aromatic carbocycles. The molecule has 0 bridgehead atoms. The zero-order valence-corrected chi connectivity index (χ0v) is 25.0. The maximum absolute atomic E-state index is 13.4. The van der Waals surface area contributed by atoms with Crippen molar-refractivity contribution >= 4 is 17.8 Å². The first-order chi connectivity index (χ1) is 17.9. The lowest BCUT2D eigenvalue weighted by Crippen LogP contribution is -2.72. The summed E-state index contributed by atoms with van der Waals surface area (Å²) < 4.78 is 6.07. The molecule has 1 aliphatic rings. The zero-order valence-electron chi connectivity index (χ0n) is 25.0. The highest BCUT2D eigenvalue weighted by atomic mass is 16.5. The van der Waals surface area contributed by atoms with Gasteiger partial charge in [0, 0.05) is 32.2 Å². The van der Waals surface area contributed by atoms with E-state index in [1.165, 1.54) is 4.90 Å². The Morgan fingerprint density at radius 2 is 1.61 bits per heavy atom. The minimum absolute atomic E-state index is 0.165. The number of ether oxygens (including phenoxy) is 1. The van der Waals surface area contributed by atoms with E-state index in [0.717, 1.165) is 30.5 Å². The summed E-state index contributed by atoms with van der Waals surface area (Å²) in [5.41, 5.74) is 1.35. The molecule has 8 heteroatoms. The first kappa shape index (κ1) is 31.8. The van der Waals surface area contributed by atoms with E-state index in [2.05, 4.69) is 44.8 Å². The molecule has 4 amide bonds. The van der Waals surface area contributed by atoms with Crippen molar-refractivity contribution in [3.8, 4) is 0 Å². The predicted octanol–water partition coefficient (Wildman–Crippen LogP) is 5.11. The van der Waals surface area contributed by atoms with Crippen LogP contribution in [0.2, 0.25) is 0 Å². The first-order valence-corrected chi connectivity index (χ1v) is 14.2. The smallest absolute Gasteiger partial charge is 0.326 e. The van der Waals surface area contributed by atoms with Crippen LogP contribution in [0.15, 0.2) is 24.3 Å². The van der Waals surface area contributed by atoms with Gasteiger partial charge in [0.1, 0.15) is 6.61 Å². The summed E-state index contributed by atoms with van der Waals surface area (Å²) in [5, 5.41) is 3.05. The molecule has 1 aromatic rings. The molecule has 0 unspecified atom stereocenters. The van der Waals surface area contributed by atoms with Crippen LogP contribution in [0.3, 0.4) is 0 Å². The topological polar surface area (TPSA) is 82.2 Å². The molecule has 1 aliphatic heterocycles. The molecule has 0 spiro atoms. The van der Waals surface area contributed by atoms with Crippen LogP contribution in [0, 0.1) is 12.3 Å². The second kappa shape index (κ2) is 14.1. The average molecular weight is 531 g/mol. The highest BCUT2D eigenvalue weighted by Crippen LogP contribution is 2.46. The minimum Gasteiger partial charge on any atom is -0.347 e. The van der Waals surface area contributed by atoms with Crippen molar-refractivity contribution in [1.29, 1.82) is 0 Å². The summed E-state index contributed by atoms with van der Waals surface area (Å²) in [6.07, 6.45) is 1.93. The quantitative estimate of drug-likeness (QED) is 0.338. The fourth-order valence-electron chi connectivity index (χ4n) is 5.36. The third-order valence-corrected chi connectivity index (χ3v) is 8.00. The number of carbonyl (C=O) groups excluding carboxylic acids is 3. The third kappa shape index (κ3) is 7.14. The molecule has 1 fully saturated rings. The number of likely N-dealkylation sites (tertiary alicyclic amines) is 1. The predicted molar refractivity (Wildman–Crippen MR) is 152 cm³/mol. The van der Waals surface area contributed by atoms with Gasteiger partial charge in [0.2, 0.25) is 11.8 Å². The number of benzene rings is 1. The van der Waals surface area contributed by atoms with Crippen LogP contribution < -0.4 is 5.32 Å². The van der Waals surface area contributed by atoms with Gasteiger partial charge in [0.15, 0.2) is 6.23 Å². The lowest BCUT2D eigenvalue weighted by molar-refractivity contribution is -0.211. The number of carbonyl (C=O) groups is 3. The summed E-state index contributed by atoms with van der Waals surface area (Å²) in [6, 6.07) is 8.15. The second-order valence-corrected chi connectivity index (χ2v) is 11.1. The number of nitrogens with one attached hydrogen (secondary N) is 1. The SMILES string of the molecule is CCC[C@@H](NC(=O)N1C(=O)C(CC)(CC)[C@@H]1OCC(=O)N(C)CCN(C(C)C)C(C)C)c1ccc(C)cc1. The Kier molecular flexibility index (Phi) is 11.8. The van der Waals surface area contributed by atoms with Crippen molar-refractivity contribution in [2.24, 2.45) is 5.41 Å². The molecule has 214 valence electrons. The molecule has 8 nitrogen and oxygen atoms in total. The van der Waals surface area contributed by atoms with E-state index in [-0.39, 0.29) is 24.5 Å². The maximum Gasteiger partial charge on any atom is 0.326 e. The number of likely N-dealkylation sites (N-methyl/N-ethyl adjacent to an activating group) is 1. The van der Waals surface area contributed by atoms with Crippen LogP contribution in [0.5, 0.6) is 0 Å². The number of β-lactam (4-membered cyclic amide) rings is 1. The highest BCUT2D eigenvalue weighted by molar-refractivity contribution is 6.03. The Morgan fingerprint density at radius 3 is 2.11 bits per heavy atom. The molecule has 38 heavy (non-hydrogen) atoms. The molecule has 0 aliphatic carbocycles. The summed E-state index contributed by atoms with van der Waals surface area (Å²) >= 11 is 0. The molecule has 0 radical (unpaired) electrons. The summed E-state index contributed by atoms with van der Waals surface area (Å²) in [5.74, 6) is -0.406. The number of urea groups is 1. The molecule has 1 saturated heterocycles. The summed E-state index contributed by atoms with van der Waals surface area (Å²) in [4.78, 5) is 44.8. The molecule has 0 aromatic heterocycles. The van der Waals surface area contributed by atoms with E-state index >= 15 is 0 Å². The van der Waals surface area contributed by atoms with Crippen LogP contribution in [-0.2, 0) is 14.3 Å². The van der Waals surface area contributed by atoms with Gasteiger partial charge >= 0.3 is 6.03 Å². The van der Waals surface area contributed by atoms with Gasteiger partial charge in [0.05, 0.1) is 11.5 Å². The standard InChI is InChI=1S/C30H50N4O4/c1-10-13-25(24-16-14-23(8)15-17-24)31-29(37)34-27(36)30(11-2,12-3)28(34)38-20-26(35)32(9)18-19-33(21(4)5)22(6)7/h14-17,21-22,25,28H,10-13,18-20H2,1-9H3,(H,31,37)/t25-,28+/m1/s1. The monoisotopic (exact) mass is 530 g/mol. The van der Waals surface area contributed by atoms with Gasteiger partial charge in [-0.25, -0.2) is 9.69 Å². The Balaban J connectivity index is 2.10. The lowest BCUT2D eigenvalue weighted by atomic mass is 9.72. The van der Waals surface area contributed by atoms with E-state index in [9.17, 15) is 14.4 Å². The van der Waals surface area contributed by atoms with Crippen LogP contribution in [0.1, 0.15) is 91.3 Å². The largest absolute Gasteiger partial charge is 0.347 e. The van der Waals surface area contributed by atoms with E-state index in [1.54, 1.807) is 11.9 Å². The number of nitrogens with zero attached hydrogens (tertiary/aromatic N) is 3. The van der Waals surface area contributed by atoms with Crippen molar-refractivity contribution in [3.63, 3.8) is 0 Å². The maximum atomic E-state index is 13.4. The Labute approximate surface area is 230 Å². The lowest BCUT2D eigenvalue weighted by Gasteiger charge is -2.53. The zero-order chi connectivity index (χ0) is 28.6. The van der Waals surface area contributed by atoms with Crippen LogP contribution in [-0.4, -0.2) is 77.6 Å². The average Bonchev–Trinajstić information content (AvgIpc) is 2.86. The third-order valence-electron chi connectivity index (χ3n) is 8.00. The number of imide groups is 1. The number of aryl methyl sites for hydroxylation is 1. The van der Waals surface area contributed by atoms with E-state index < -0.39 is 17.7 Å². The Morgan fingerprint density at radius 1 is 1.03 bits per heavy atom. The van der Waals surface area contributed by atoms with Crippen LogP contribution >= 0.6 is 0 Å². The molecule has 2 rings (SSSR count). The van der Waals surface area contributed by atoms with Gasteiger partial charge in [-0.05, 0) is 59.4 Å². The van der Waals surface area contributed by atoms with Gasteiger partial charge in [0.25, 0.3) is 0 Å². The first-order valence-electron chi connectivity index (χ1n) is 14.2. The Bertz CT molecular complexity index is 919. The number of hydrogen-bond donors (Lipinski definition) is 1. The second-order valence-electron chi connectivity index (χ2n) is 11.1. The molecule has 2 atom stereocenters. The van der Waals surface area contributed by atoms with E-state index in [1.807, 2.05) is 45.0 Å². The summed E-state index contributed by atoms with van der Waals surface area (Å²) in [6.45, 7) is 17.7. The van der Waals surface area contributed by atoms with Gasteiger partial charge in [-0.15, -0.1) is 0 Å².